The minimum atomic E-state index is -0.0498. The van der Waals surface area contributed by atoms with Gasteiger partial charge in [-0.25, -0.2) is 0 Å². The number of likely N-dealkylation sites (tertiary alicyclic amines) is 1. The number of rotatable bonds is 3. The molecule has 0 radical (unpaired) electrons. The van der Waals surface area contributed by atoms with Crippen molar-refractivity contribution in [3.05, 3.63) is 11.8 Å². The number of nitrogens with zero attached hydrogens (tertiary/aromatic N) is 2. The highest BCUT2D eigenvalue weighted by Gasteiger charge is 2.25. The zero-order chi connectivity index (χ0) is 12.3. The number of nitrogens with one attached hydrogen (secondary N) is 1. The molecule has 0 atom stereocenters. The van der Waals surface area contributed by atoms with Gasteiger partial charge in [0.05, 0.1) is 12.3 Å². The summed E-state index contributed by atoms with van der Waals surface area (Å²) in [6.45, 7) is 4.15. The number of anilines is 1. The Labute approximate surface area is 100 Å². The Hall–Kier alpha value is -1.56. The van der Waals surface area contributed by atoms with Crippen molar-refractivity contribution >= 4 is 11.7 Å². The lowest BCUT2D eigenvalue weighted by molar-refractivity contribution is 0.0146. The highest BCUT2D eigenvalue weighted by Crippen LogP contribution is 2.17. The van der Waals surface area contributed by atoms with Crippen LogP contribution in [0.1, 0.15) is 30.1 Å². The number of carbonyl (C=O) groups excluding carboxylic acids is 1. The maximum absolute atomic E-state index is 12.1. The van der Waals surface area contributed by atoms with E-state index < -0.39 is 0 Å². The Morgan fingerprint density at radius 2 is 2.35 bits per heavy atom. The van der Waals surface area contributed by atoms with Gasteiger partial charge in [0.25, 0.3) is 5.91 Å². The first-order valence-electron chi connectivity index (χ1n) is 5.92. The van der Waals surface area contributed by atoms with Crippen LogP contribution < -0.4 is 5.73 Å². The Morgan fingerprint density at radius 1 is 1.65 bits per heavy atom. The number of aromatic amines is 1. The molecule has 6 nitrogen and oxygen atoms in total. The van der Waals surface area contributed by atoms with Crippen molar-refractivity contribution in [1.82, 2.24) is 15.1 Å². The molecule has 17 heavy (non-hydrogen) atoms. The Bertz CT molecular complexity index is 383. The van der Waals surface area contributed by atoms with E-state index in [-0.39, 0.29) is 12.0 Å². The van der Waals surface area contributed by atoms with Gasteiger partial charge in [0.1, 0.15) is 11.4 Å². The van der Waals surface area contributed by atoms with Gasteiger partial charge in [-0.2, -0.15) is 5.10 Å². The van der Waals surface area contributed by atoms with E-state index in [9.17, 15) is 4.79 Å². The summed E-state index contributed by atoms with van der Waals surface area (Å²) < 4.78 is 5.54. The minimum absolute atomic E-state index is 0.0498. The van der Waals surface area contributed by atoms with E-state index in [1.807, 2.05) is 6.92 Å². The largest absolute Gasteiger partial charge is 0.383 e. The predicted molar refractivity (Wildman–Crippen MR) is 63.6 cm³/mol. The van der Waals surface area contributed by atoms with Gasteiger partial charge in [-0.15, -0.1) is 0 Å². The second kappa shape index (κ2) is 5.18. The molecule has 0 saturated carbocycles. The Kier molecular flexibility index (Phi) is 3.63. The summed E-state index contributed by atoms with van der Waals surface area (Å²) in [6.07, 6.45) is 3.53. The summed E-state index contributed by atoms with van der Waals surface area (Å²) in [4.78, 5) is 13.9. The van der Waals surface area contributed by atoms with Crippen LogP contribution in [0.25, 0.3) is 0 Å². The fraction of sp³-hybridized carbons (Fsp3) is 0.636. The van der Waals surface area contributed by atoms with Crippen molar-refractivity contribution in [2.45, 2.75) is 25.9 Å². The molecule has 2 rings (SSSR count). The van der Waals surface area contributed by atoms with Gasteiger partial charge < -0.3 is 15.4 Å². The number of aromatic nitrogens is 2. The number of hydrogen-bond donors (Lipinski definition) is 2. The molecule has 2 heterocycles. The van der Waals surface area contributed by atoms with E-state index in [0.717, 1.165) is 19.4 Å². The lowest BCUT2D eigenvalue weighted by atomic mass is 10.1. The molecule has 94 valence electrons. The fourth-order valence-electron chi connectivity index (χ4n) is 2.10. The molecule has 0 aliphatic carbocycles. The number of nitrogen functional groups attached to an aromatic ring is 1. The maximum atomic E-state index is 12.1. The molecule has 1 aliphatic rings. The van der Waals surface area contributed by atoms with Crippen molar-refractivity contribution in [2.24, 2.45) is 0 Å². The zero-order valence-corrected chi connectivity index (χ0v) is 9.98. The van der Waals surface area contributed by atoms with E-state index in [0.29, 0.717) is 24.5 Å². The number of ether oxygens (including phenoxy) is 1. The van der Waals surface area contributed by atoms with Crippen LogP contribution in [0.5, 0.6) is 0 Å². The highest BCUT2D eigenvalue weighted by atomic mass is 16.5. The summed E-state index contributed by atoms with van der Waals surface area (Å²) in [5.41, 5.74) is 6.09. The third kappa shape index (κ3) is 2.58. The summed E-state index contributed by atoms with van der Waals surface area (Å²) in [7, 11) is 0. The van der Waals surface area contributed by atoms with Crippen LogP contribution in [0, 0.1) is 0 Å². The molecule has 1 aromatic heterocycles. The Morgan fingerprint density at radius 3 is 2.88 bits per heavy atom. The predicted octanol–water partition coefficient (Wildman–Crippen LogP) is 0.633. The standard InChI is InChI=1S/C11H18N4O2/c1-2-17-8-3-5-15(6-4-8)11(16)9-7-13-14-10(9)12/h7-8H,2-6H2,1H3,(H3,12,13,14). The first-order valence-corrected chi connectivity index (χ1v) is 5.92. The van der Waals surface area contributed by atoms with Gasteiger partial charge in [-0.1, -0.05) is 0 Å². The molecule has 0 bridgehead atoms. The molecule has 0 spiro atoms. The number of amides is 1. The second-order valence-electron chi connectivity index (χ2n) is 4.14. The highest BCUT2D eigenvalue weighted by molar-refractivity contribution is 5.98. The normalized spacial score (nSPS) is 17.4. The first-order chi connectivity index (χ1) is 8.22. The SMILES string of the molecule is CCOC1CCN(C(=O)c2cn[nH]c2N)CC1. The number of hydrogen-bond acceptors (Lipinski definition) is 4. The molecule has 0 unspecified atom stereocenters. The molecule has 1 aliphatic heterocycles. The third-order valence-corrected chi connectivity index (χ3v) is 3.03. The molecular formula is C11H18N4O2. The number of H-pyrrole nitrogens is 1. The molecule has 3 N–H and O–H groups in total. The van der Waals surface area contributed by atoms with Crippen molar-refractivity contribution in [2.75, 3.05) is 25.4 Å². The molecule has 1 amide bonds. The van der Waals surface area contributed by atoms with Crippen LogP contribution >= 0.6 is 0 Å². The monoisotopic (exact) mass is 238 g/mol. The average molecular weight is 238 g/mol. The Balaban J connectivity index is 1.93. The van der Waals surface area contributed by atoms with Crippen molar-refractivity contribution in [3.63, 3.8) is 0 Å². The van der Waals surface area contributed by atoms with Gasteiger partial charge in [0, 0.05) is 19.7 Å². The van der Waals surface area contributed by atoms with Gasteiger partial charge in [0.2, 0.25) is 0 Å². The van der Waals surface area contributed by atoms with Gasteiger partial charge in [-0.3, -0.25) is 9.89 Å². The molecular weight excluding hydrogens is 220 g/mol. The molecule has 1 fully saturated rings. The summed E-state index contributed by atoms with van der Waals surface area (Å²) in [6, 6.07) is 0. The number of piperidine rings is 1. The van der Waals surface area contributed by atoms with E-state index in [1.165, 1.54) is 6.20 Å². The lowest BCUT2D eigenvalue weighted by Crippen LogP contribution is -2.41. The van der Waals surface area contributed by atoms with Gasteiger partial charge in [-0.05, 0) is 19.8 Å². The van der Waals surface area contributed by atoms with Crippen molar-refractivity contribution < 1.29 is 9.53 Å². The topological polar surface area (TPSA) is 84.2 Å². The second-order valence-corrected chi connectivity index (χ2v) is 4.14. The van der Waals surface area contributed by atoms with Crippen LogP contribution in [-0.2, 0) is 4.74 Å². The summed E-state index contributed by atoms with van der Waals surface area (Å²) >= 11 is 0. The number of nitrogens with two attached hydrogens (primary N) is 1. The average Bonchev–Trinajstić information content (AvgIpc) is 2.76. The van der Waals surface area contributed by atoms with Crippen LogP contribution in [0.3, 0.4) is 0 Å². The molecule has 6 heteroatoms. The lowest BCUT2D eigenvalue weighted by Gasteiger charge is -2.31. The van der Waals surface area contributed by atoms with Crippen molar-refractivity contribution in [3.8, 4) is 0 Å². The minimum Gasteiger partial charge on any atom is -0.383 e. The van der Waals surface area contributed by atoms with E-state index in [4.69, 9.17) is 10.5 Å². The zero-order valence-electron chi connectivity index (χ0n) is 9.98. The smallest absolute Gasteiger partial charge is 0.259 e. The van der Waals surface area contributed by atoms with Crippen molar-refractivity contribution in [1.29, 1.82) is 0 Å². The summed E-state index contributed by atoms with van der Waals surface area (Å²) in [5, 5.41) is 6.33. The van der Waals surface area contributed by atoms with Crippen LogP contribution in [0.15, 0.2) is 6.20 Å². The van der Waals surface area contributed by atoms with Crippen LogP contribution in [0.2, 0.25) is 0 Å². The first kappa shape index (κ1) is 11.9. The van der Waals surface area contributed by atoms with Crippen LogP contribution in [0.4, 0.5) is 5.82 Å². The van der Waals surface area contributed by atoms with E-state index >= 15 is 0 Å². The molecule has 1 aromatic rings. The number of carbonyl (C=O) groups is 1. The quantitative estimate of drug-likeness (QED) is 0.809. The van der Waals surface area contributed by atoms with Gasteiger partial charge >= 0.3 is 0 Å². The molecule has 1 saturated heterocycles. The van der Waals surface area contributed by atoms with Gasteiger partial charge in [0.15, 0.2) is 0 Å². The third-order valence-electron chi connectivity index (χ3n) is 3.03. The fourth-order valence-corrected chi connectivity index (χ4v) is 2.10. The molecule has 0 aromatic carbocycles. The summed E-state index contributed by atoms with van der Waals surface area (Å²) in [5.74, 6) is 0.285. The maximum Gasteiger partial charge on any atom is 0.259 e. The van der Waals surface area contributed by atoms with Crippen LogP contribution in [-0.4, -0.2) is 46.8 Å². The van der Waals surface area contributed by atoms with E-state index in [2.05, 4.69) is 10.2 Å². The van der Waals surface area contributed by atoms with E-state index in [1.54, 1.807) is 4.90 Å².